The van der Waals surface area contributed by atoms with Crippen LogP contribution in [-0.4, -0.2) is 57.4 Å². The van der Waals surface area contributed by atoms with Crippen molar-refractivity contribution in [3.8, 4) is 0 Å². The van der Waals surface area contributed by atoms with Gasteiger partial charge < -0.3 is 14.8 Å². The molecule has 1 spiro atoms. The van der Waals surface area contributed by atoms with Gasteiger partial charge in [-0.25, -0.2) is 9.78 Å². The number of ether oxygens (including phenoxy) is 1. The minimum Gasteiger partial charge on any atom is -0.475 e. The average Bonchev–Trinajstić information content (AvgIpc) is 3.39. The van der Waals surface area contributed by atoms with Crippen molar-refractivity contribution in [2.24, 2.45) is 0 Å². The Kier molecular flexibility index (Phi) is 6.04. The lowest BCUT2D eigenvalue weighted by molar-refractivity contribution is -0.192. The number of carboxylic acid groups (broad SMARTS) is 1. The van der Waals surface area contributed by atoms with E-state index in [0.29, 0.717) is 5.92 Å². The van der Waals surface area contributed by atoms with Crippen LogP contribution < -0.4 is 0 Å². The third-order valence-electron chi connectivity index (χ3n) is 5.07. The fourth-order valence-electron chi connectivity index (χ4n) is 3.74. The van der Waals surface area contributed by atoms with Crippen LogP contribution in [0, 0.1) is 0 Å². The molecule has 0 saturated carbocycles. The summed E-state index contributed by atoms with van der Waals surface area (Å²) in [6.07, 6.45) is 0.868. The molecule has 1 aromatic carbocycles. The molecule has 4 rings (SSSR count). The Bertz CT molecular complexity index is 768. The first kappa shape index (κ1) is 20.3. The Morgan fingerprint density at radius 1 is 1.36 bits per heavy atom. The van der Waals surface area contributed by atoms with Crippen LogP contribution in [0.25, 0.3) is 0 Å². The molecule has 2 N–H and O–H groups in total. The number of H-pyrrole nitrogens is 1. The summed E-state index contributed by atoms with van der Waals surface area (Å²) < 4.78 is 38.0. The van der Waals surface area contributed by atoms with Crippen molar-refractivity contribution in [2.75, 3.05) is 19.7 Å². The Morgan fingerprint density at radius 3 is 2.68 bits per heavy atom. The lowest BCUT2D eigenvalue weighted by Gasteiger charge is -2.23. The number of nitrogens with zero attached hydrogens (tertiary/aromatic N) is 2. The van der Waals surface area contributed by atoms with Gasteiger partial charge in [0.1, 0.15) is 0 Å². The van der Waals surface area contributed by atoms with E-state index in [1.807, 2.05) is 6.20 Å². The first-order valence-corrected chi connectivity index (χ1v) is 8.96. The van der Waals surface area contributed by atoms with E-state index in [1.54, 1.807) is 6.33 Å². The number of carbonyl (C=O) groups is 1. The second-order valence-electron chi connectivity index (χ2n) is 7.15. The van der Waals surface area contributed by atoms with Crippen LogP contribution in [0.2, 0.25) is 0 Å². The van der Waals surface area contributed by atoms with E-state index >= 15 is 0 Å². The summed E-state index contributed by atoms with van der Waals surface area (Å²) in [6, 6.07) is 10.8. The number of hydrogen-bond donors (Lipinski definition) is 2. The van der Waals surface area contributed by atoms with Crippen LogP contribution in [0.4, 0.5) is 13.2 Å². The number of likely N-dealkylation sites (tertiary alicyclic amines) is 1. The molecule has 9 heteroatoms. The van der Waals surface area contributed by atoms with E-state index in [2.05, 4.69) is 45.2 Å². The first-order valence-electron chi connectivity index (χ1n) is 8.96. The maximum absolute atomic E-state index is 10.6. The van der Waals surface area contributed by atoms with Gasteiger partial charge in [-0.1, -0.05) is 30.3 Å². The van der Waals surface area contributed by atoms with Crippen LogP contribution in [0.15, 0.2) is 42.9 Å². The van der Waals surface area contributed by atoms with Crippen LogP contribution in [-0.2, 0) is 16.1 Å². The zero-order chi connectivity index (χ0) is 20.2. The van der Waals surface area contributed by atoms with Gasteiger partial charge in [0, 0.05) is 37.4 Å². The fourth-order valence-corrected chi connectivity index (χ4v) is 3.74. The highest BCUT2D eigenvalue weighted by molar-refractivity contribution is 5.73. The van der Waals surface area contributed by atoms with Crippen molar-refractivity contribution in [3.63, 3.8) is 0 Å². The third kappa shape index (κ3) is 5.11. The van der Waals surface area contributed by atoms with Crippen molar-refractivity contribution in [3.05, 3.63) is 54.1 Å². The Morgan fingerprint density at radius 2 is 2.07 bits per heavy atom. The predicted octanol–water partition coefficient (Wildman–Crippen LogP) is 3.19. The number of halogens is 3. The lowest BCUT2D eigenvalue weighted by atomic mass is 9.89. The number of imidazole rings is 1. The zero-order valence-corrected chi connectivity index (χ0v) is 15.2. The standard InChI is InChI=1S/C17H21N3O.C2HF3O2/c1-2-4-14(5-3-1)15-8-17(21-11-15)6-7-20(12-17)10-16-9-18-13-19-16;3-2(4,5)1(6)7/h1-5,9,13,15H,6-8,10-12H2,(H,18,19);(H,6,7). The topological polar surface area (TPSA) is 78.5 Å². The van der Waals surface area contributed by atoms with E-state index in [1.165, 1.54) is 11.3 Å². The normalized spacial score (nSPS) is 24.9. The van der Waals surface area contributed by atoms with Gasteiger partial charge in [-0.2, -0.15) is 13.2 Å². The molecule has 1 aromatic heterocycles. The van der Waals surface area contributed by atoms with E-state index in [0.717, 1.165) is 39.1 Å². The third-order valence-corrected chi connectivity index (χ3v) is 5.07. The summed E-state index contributed by atoms with van der Waals surface area (Å²) in [5.41, 5.74) is 2.67. The first-order chi connectivity index (χ1) is 13.3. The molecule has 6 nitrogen and oxygen atoms in total. The summed E-state index contributed by atoms with van der Waals surface area (Å²) in [5, 5.41) is 7.12. The van der Waals surface area contributed by atoms with Crippen LogP contribution in [0.1, 0.15) is 30.0 Å². The Labute approximate surface area is 160 Å². The number of benzene rings is 1. The maximum Gasteiger partial charge on any atom is 0.490 e. The van der Waals surface area contributed by atoms with Crippen LogP contribution in [0.5, 0.6) is 0 Å². The molecule has 0 aliphatic carbocycles. The lowest BCUT2D eigenvalue weighted by Crippen LogP contribution is -2.32. The summed E-state index contributed by atoms with van der Waals surface area (Å²) >= 11 is 0. The molecule has 2 aliphatic heterocycles. The molecule has 152 valence electrons. The number of alkyl halides is 3. The van der Waals surface area contributed by atoms with E-state index in [-0.39, 0.29) is 5.60 Å². The number of rotatable bonds is 3. The van der Waals surface area contributed by atoms with Gasteiger partial charge in [-0.3, -0.25) is 4.90 Å². The zero-order valence-electron chi connectivity index (χ0n) is 15.2. The van der Waals surface area contributed by atoms with Gasteiger partial charge in [0.05, 0.1) is 18.5 Å². The molecule has 0 bridgehead atoms. The number of aromatic amines is 1. The molecule has 2 saturated heterocycles. The molecule has 2 fully saturated rings. The smallest absolute Gasteiger partial charge is 0.475 e. The Hall–Kier alpha value is -2.39. The molecule has 2 unspecified atom stereocenters. The number of aromatic nitrogens is 2. The second kappa shape index (κ2) is 8.32. The minimum atomic E-state index is -5.08. The predicted molar refractivity (Wildman–Crippen MR) is 94.7 cm³/mol. The van der Waals surface area contributed by atoms with Crippen molar-refractivity contribution in [1.29, 1.82) is 0 Å². The van der Waals surface area contributed by atoms with Crippen LogP contribution in [0.3, 0.4) is 0 Å². The molecular weight excluding hydrogens is 375 g/mol. The highest BCUT2D eigenvalue weighted by atomic mass is 19.4. The van der Waals surface area contributed by atoms with Gasteiger partial charge in [0.25, 0.3) is 0 Å². The second-order valence-corrected chi connectivity index (χ2v) is 7.15. The number of carboxylic acids is 1. The van der Waals surface area contributed by atoms with E-state index in [9.17, 15) is 13.2 Å². The molecule has 3 heterocycles. The Balaban J connectivity index is 0.000000279. The summed E-state index contributed by atoms with van der Waals surface area (Å²) in [6.45, 7) is 3.96. The monoisotopic (exact) mass is 397 g/mol. The highest BCUT2D eigenvalue weighted by Crippen LogP contribution is 2.42. The van der Waals surface area contributed by atoms with Crippen molar-refractivity contribution in [1.82, 2.24) is 14.9 Å². The van der Waals surface area contributed by atoms with Crippen LogP contribution >= 0.6 is 0 Å². The van der Waals surface area contributed by atoms with E-state index in [4.69, 9.17) is 14.6 Å². The molecule has 2 aliphatic rings. The SMILES string of the molecule is O=C(O)C(F)(F)F.c1ccc(C2COC3(CCN(Cc4cnc[nH]4)C3)C2)cc1. The summed E-state index contributed by atoms with van der Waals surface area (Å²) in [5.74, 6) is -2.20. The number of nitrogens with one attached hydrogen (secondary N) is 1. The van der Waals surface area contributed by atoms with Crippen molar-refractivity contribution >= 4 is 5.97 Å². The molecule has 0 radical (unpaired) electrons. The van der Waals surface area contributed by atoms with Crippen molar-refractivity contribution in [2.45, 2.75) is 37.1 Å². The van der Waals surface area contributed by atoms with E-state index < -0.39 is 12.1 Å². The van der Waals surface area contributed by atoms with Crippen molar-refractivity contribution < 1.29 is 27.8 Å². The maximum atomic E-state index is 10.6. The highest BCUT2D eigenvalue weighted by Gasteiger charge is 2.45. The molecule has 2 atom stereocenters. The van der Waals surface area contributed by atoms with Gasteiger partial charge >= 0.3 is 12.1 Å². The molecular formula is C19H22F3N3O3. The quantitative estimate of drug-likeness (QED) is 0.832. The average molecular weight is 397 g/mol. The fraction of sp³-hybridized carbons (Fsp3) is 0.474. The van der Waals surface area contributed by atoms with Gasteiger partial charge in [0.2, 0.25) is 0 Å². The summed E-state index contributed by atoms with van der Waals surface area (Å²) in [7, 11) is 0. The number of hydrogen-bond acceptors (Lipinski definition) is 4. The van der Waals surface area contributed by atoms with Gasteiger partial charge in [-0.15, -0.1) is 0 Å². The summed E-state index contributed by atoms with van der Waals surface area (Å²) in [4.78, 5) is 18.6. The molecule has 2 aromatic rings. The minimum absolute atomic E-state index is 0.0700. The van der Waals surface area contributed by atoms with Gasteiger partial charge in [0.15, 0.2) is 0 Å². The number of aliphatic carboxylic acids is 1. The molecule has 28 heavy (non-hydrogen) atoms. The van der Waals surface area contributed by atoms with Gasteiger partial charge in [-0.05, 0) is 18.4 Å². The largest absolute Gasteiger partial charge is 0.490 e. The molecule has 0 amide bonds.